The summed E-state index contributed by atoms with van der Waals surface area (Å²) in [4.78, 5) is 16.1. The van der Waals surface area contributed by atoms with Gasteiger partial charge in [-0.15, -0.1) is 0 Å². The van der Waals surface area contributed by atoms with Crippen LogP contribution in [0.15, 0.2) is 102 Å². The van der Waals surface area contributed by atoms with Crippen LogP contribution >= 0.6 is 0 Å². The van der Waals surface area contributed by atoms with Crippen LogP contribution in [-0.4, -0.2) is 39.6 Å². The predicted molar refractivity (Wildman–Crippen MR) is 147 cm³/mol. The van der Waals surface area contributed by atoms with Crippen LogP contribution in [0.2, 0.25) is 0 Å². The topological polar surface area (TPSA) is 43.8 Å². The van der Waals surface area contributed by atoms with Crippen LogP contribution in [0.4, 0.5) is 4.79 Å². The third kappa shape index (κ3) is 7.08. The SMILES string of the molecule is CC1(C)C/C(=C(\CCc2ccccc2)CCN(Cc2ccccc2)Cc2ccccc2)CN1C(=O)O. The fourth-order valence-corrected chi connectivity index (χ4v) is 5.25. The molecule has 0 saturated carbocycles. The maximum absolute atomic E-state index is 11.9. The molecule has 0 aliphatic carbocycles. The van der Waals surface area contributed by atoms with Crippen molar-refractivity contribution in [2.24, 2.45) is 0 Å². The zero-order valence-electron chi connectivity index (χ0n) is 21.6. The number of carbonyl (C=O) groups is 1. The number of benzene rings is 3. The predicted octanol–water partition coefficient (Wildman–Crippen LogP) is 7.17. The van der Waals surface area contributed by atoms with E-state index in [4.69, 9.17) is 0 Å². The quantitative estimate of drug-likeness (QED) is 0.312. The standard InChI is InChI=1S/C32H38N2O2/c1-32(2)22-30(25-34(32)31(35)36)29(19-18-26-12-6-3-7-13-26)20-21-33(23-27-14-8-4-9-15-27)24-28-16-10-5-11-17-28/h3-17H,18-25H2,1-2H3,(H,35,36)/b30-29-. The molecule has 1 amide bonds. The van der Waals surface area contributed by atoms with Crippen LogP contribution < -0.4 is 0 Å². The second kappa shape index (κ2) is 12.0. The van der Waals surface area contributed by atoms with Crippen molar-refractivity contribution in [2.45, 2.75) is 58.2 Å². The van der Waals surface area contributed by atoms with Crippen molar-refractivity contribution in [3.63, 3.8) is 0 Å². The van der Waals surface area contributed by atoms with E-state index in [1.165, 1.54) is 27.8 Å². The van der Waals surface area contributed by atoms with Crippen molar-refractivity contribution >= 4 is 6.09 Å². The van der Waals surface area contributed by atoms with Gasteiger partial charge in [0.15, 0.2) is 0 Å². The van der Waals surface area contributed by atoms with Crippen molar-refractivity contribution < 1.29 is 9.90 Å². The first-order chi connectivity index (χ1) is 17.4. The molecule has 4 nitrogen and oxygen atoms in total. The maximum atomic E-state index is 11.9. The van der Waals surface area contributed by atoms with Gasteiger partial charge in [-0.05, 0) is 61.8 Å². The van der Waals surface area contributed by atoms with Crippen LogP contribution in [0.25, 0.3) is 0 Å². The molecule has 0 aromatic heterocycles. The van der Waals surface area contributed by atoms with Crippen molar-refractivity contribution in [1.82, 2.24) is 9.80 Å². The molecule has 3 aromatic rings. The zero-order valence-corrected chi connectivity index (χ0v) is 21.6. The molecular formula is C32H38N2O2. The van der Waals surface area contributed by atoms with Gasteiger partial charge in [0.05, 0.1) is 0 Å². The largest absolute Gasteiger partial charge is 0.465 e. The lowest BCUT2D eigenvalue weighted by Crippen LogP contribution is -2.41. The van der Waals surface area contributed by atoms with Crippen molar-refractivity contribution in [3.8, 4) is 0 Å². The van der Waals surface area contributed by atoms with E-state index in [9.17, 15) is 9.90 Å². The van der Waals surface area contributed by atoms with Gasteiger partial charge in [0.2, 0.25) is 0 Å². The van der Waals surface area contributed by atoms with Gasteiger partial charge in [0, 0.05) is 31.7 Å². The van der Waals surface area contributed by atoms with E-state index in [1.807, 2.05) is 13.8 Å². The Kier molecular flexibility index (Phi) is 8.61. The molecule has 0 radical (unpaired) electrons. The lowest BCUT2D eigenvalue weighted by Gasteiger charge is -2.27. The Morgan fingerprint density at radius 2 is 1.31 bits per heavy atom. The fraction of sp³-hybridized carbons (Fsp3) is 0.344. The third-order valence-corrected chi connectivity index (χ3v) is 7.24. The number of likely N-dealkylation sites (tertiary alicyclic amines) is 1. The van der Waals surface area contributed by atoms with Crippen LogP contribution in [0.3, 0.4) is 0 Å². The van der Waals surface area contributed by atoms with Gasteiger partial charge in [0.25, 0.3) is 0 Å². The zero-order chi connectivity index (χ0) is 25.4. The van der Waals surface area contributed by atoms with E-state index in [-0.39, 0.29) is 5.54 Å². The Bertz CT molecular complexity index is 1100. The maximum Gasteiger partial charge on any atom is 0.408 e. The first kappa shape index (κ1) is 25.7. The van der Waals surface area contributed by atoms with Gasteiger partial charge in [-0.2, -0.15) is 0 Å². The van der Waals surface area contributed by atoms with Crippen LogP contribution in [0.1, 0.15) is 49.8 Å². The second-order valence-corrected chi connectivity index (χ2v) is 10.5. The van der Waals surface area contributed by atoms with Gasteiger partial charge in [0.1, 0.15) is 0 Å². The summed E-state index contributed by atoms with van der Waals surface area (Å²) in [6, 6.07) is 31.9. The van der Waals surface area contributed by atoms with Crippen LogP contribution in [0, 0.1) is 0 Å². The molecule has 0 bridgehead atoms. The Labute approximate surface area is 215 Å². The molecule has 0 unspecified atom stereocenters. The first-order valence-electron chi connectivity index (χ1n) is 13.0. The summed E-state index contributed by atoms with van der Waals surface area (Å²) in [6.45, 7) is 7.32. The van der Waals surface area contributed by atoms with E-state index >= 15 is 0 Å². The van der Waals surface area contributed by atoms with E-state index in [2.05, 4.69) is 95.9 Å². The summed E-state index contributed by atoms with van der Waals surface area (Å²) in [5.74, 6) is 0. The van der Waals surface area contributed by atoms with E-state index in [1.54, 1.807) is 4.90 Å². The highest BCUT2D eigenvalue weighted by atomic mass is 16.4. The van der Waals surface area contributed by atoms with Gasteiger partial charge >= 0.3 is 6.09 Å². The number of hydrogen-bond acceptors (Lipinski definition) is 2. The van der Waals surface area contributed by atoms with Gasteiger partial charge in [-0.3, -0.25) is 9.80 Å². The molecule has 1 heterocycles. The highest BCUT2D eigenvalue weighted by Crippen LogP contribution is 2.36. The molecule has 1 aliphatic rings. The molecule has 0 spiro atoms. The Hall–Kier alpha value is -3.37. The molecule has 3 aromatic carbocycles. The highest BCUT2D eigenvalue weighted by molar-refractivity contribution is 5.67. The monoisotopic (exact) mass is 482 g/mol. The molecule has 1 aliphatic heterocycles. The summed E-state index contributed by atoms with van der Waals surface area (Å²) in [5.41, 5.74) is 6.30. The smallest absolute Gasteiger partial charge is 0.408 e. The summed E-state index contributed by atoms with van der Waals surface area (Å²) in [6.07, 6.45) is 2.87. The molecule has 4 heteroatoms. The minimum atomic E-state index is -0.827. The molecule has 1 saturated heterocycles. The second-order valence-electron chi connectivity index (χ2n) is 10.5. The number of rotatable bonds is 10. The average Bonchev–Trinajstić information content (AvgIpc) is 3.21. The number of hydrogen-bond donors (Lipinski definition) is 1. The molecule has 4 rings (SSSR count). The number of aryl methyl sites for hydroxylation is 1. The summed E-state index contributed by atoms with van der Waals surface area (Å²) in [5, 5.41) is 9.80. The number of nitrogens with zero attached hydrogens (tertiary/aromatic N) is 2. The minimum Gasteiger partial charge on any atom is -0.465 e. The molecular weight excluding hydrogens is 444 g/mol. The van der Waals surface area contributed by atoms with Gasteiger partial charge in [-0.25, -0.2) is 4.79 Å². The van der Waals surface area contributed by atoms with E-state index in [0.29, 0.717) is 6.54 Å². The third-order valence-electron chi connectivity index (χ3n) is 7.24. The average molecular weight is 483 g/mol. The summed E-state index contributed by atoms with van der Waals surface area (Å²) < 4.78 is 0. The lowest BCUT2D eigenvalue weighted by atomic mass is 9.92. The van der Waals surface area contributed by atoms with Crippen molar-refractivity contribution in [3.05, 3.63) is 119 Å². The fourth-order valence-electron chi connectivity index (χ4n) is 5.25. The van der Waals surface area contributed by atoms with E-state index in [0.717, 1.165) is 45.3 Å². The molecule has 1 fully saturated rings. The summed E-state index contributed by atoms with van der Waals surface area (Å²) >= 11 is 0. The molecule has 1 N–H and O–H groups in total. The Balaban J connectivity index is 1.55. The molecule has 36 heavy (non-hydrogen) atoms. The lowest BCUT2D eigenvalue weighted by molar-refractivity contribution is 0.117. The van der Waals surface area contributed by atoms with Gasteiger partial charge in [-0.1, -0.05) is 96.6 Å². The van der Waals surface area contributed by atoms with Crippen molar-refractivity contribution in [1.29, 1.82) is 0 Å². The minimum absolute atomic E-state index is 0.368. The Morgan fingerprint density at radius 3 is 1.78 bits per heavy atom. The normalized spacial score (nSPS) is 16.4. The van der Waals surface area contributed by atoms with Crippen LogP contribution in [0.5, 0.6) is 0 Å². The first-order valence-corrected chi connectivity index (χ1v) is 13.0. The Morgan fingerprint density at radius 1 is 0.806 bits per heavy atom. The van der Waals surface area contributed by atoms with Crippen LogP contribution in [-0.2, 0) is 19.5 Å². The van der Waals surface area contributed by atoms with Gasteiger partial charge < -0.3 is 5.11 Å². The summed E-state index contributed by atoms with van der Waals surface area (Å²) in [7, 11) is 0. The highest BCUT2D eigenvalue weighted by Gasteiger charge is 2.39. The van der Waals surface area contributed by atoms with E-state index < -0.39 is 6.09 Å². The van der Waals surface area contributed by atoms with Crippen molar-refractivity contribution in [2.75, 3.05) is 13.1 Å². The number of amides is 1. The molecule has 188 valence electrons. The molecule has 0 atom stereocenters. The number of carboxylic acid groups (broad SMARTS) is 1.